The van der Waals surface area contributed by atoms with E-state index in [0.29, 0.717) is 34.2 Å². The average Bonchev–Trinajstić information content (AvgIpc) is 3.21. The Balaban J connectivity index is 1.78. The zero-order valence-electron chi connectivity index (χ0n) is 18.2. The van der Waals surface area contributed by atoms with Crippen LogP contribution in [-0.2, 0) is 6.42 Å². The van der Waals surface area contributed by atoms with Gasteiger partial charge in [0.25, 0.3) is 5.91 Å². The maximum atomic E-state index is 14.8. The van der Waals surface area contributed by atoms with Crippen LogP contribution in [0.1, 0.15) is 41.9 Å². The molecule has 1 aliphatic rings. The van der Waals surface area contributed by atoms with E-state index in [9.17, 15) is 9.18 Å². The highest BCUT2D eigenvalue weighted by atomic mass is 19.1. The molecule has 31 heavy (non-hydrogen) atoms. The van der Waals surface area contributed by atoms with Crippen LogP contribution in [0.4, 0.5) is 15.9 Å². The summed E-state index contributed by atoms with van der Waals surface area (Å²) in [6, 6.07) is 10.4. The number of anilines is 2. The van der Waals surface area contributed by atoms with E-state index in [-0.39, 0.29) is 11.7 Å². The predicted molar refractivity (Wildman–Crippen MR) is 122 cm³/mol. The summed E-state index contributed by atoms with van der Waals surface area (Å²) in [6.07, 6.45) is 5.30. The third kappa shape index (κ3) is 4.43. The van der Waals surface area contributed by atoms with Crippen LogP contribution in [0.2, 0.25) is 0 Å². The molecule has 0 bridgehead atoms. The topological polar surface area (TPSA) is 58.1 Å². The van der Waals surface area contributed by atoms with E-state index in [0.717, 1.165) is 37.1 Å². The van der Waals surface area contributed by atoms with Gasteiger partial charge in [0.2, 0.25) is 0 Å². The van der Waals surface area contributed by atoms with Gasteiger partial charge < -0.3 is 10.2 Å². The Morgan fingerprint density at radius 2 is 2.03 bits per heavy atom. The predicted octanol–water partition coefficient (Wildman–Crippen LogP) is 5.25. The van der Waals surface area contributed by atoms with Crippen LogP contribution in [0, 0.1) is 18.7 Å². The van der Waals surface area contributed by atoms with Crippen molar-refractivity contribution in [3.8, 4) is 11.1 Å². The number of benzene rings is 1. The number of carbonyl (C=O) groups is 1. The Bertz CT molecular complexity index is 1100. The molecule has 4 rings (SSSR count). The molecule has 1 saturated heterocycles. The van der Waals surface area contributed by atoms with Gasteiger partial charge in [0.15, 0.2) is 5.82 Å². The molecule has 0 unspecified atom stereocenters. The summed E-state index contributed by atoms with van der Waals surface area (Å²) in [5.41, 5.74) is 3.90. The van der Waals surface area contributed by atoms with Gasteiger partial charge in [0.1, 0.15) is 11.5 Å². The monoisotopic (exact) mass is 418 g/mol. The molecule has 0 radical (unpaired) electrons. The fraction of sp³-hybridized carbons (Fsp3) is 0.320. The van der Waals surface area contributed by atoms with Gasteiger partial charge in [-0.2, -0.15) is 0 Å². The molecule has 160 valence electrons. The van der Waals surface area contributed by atoms with Crippen LogP contribution in [0.15, 0.2) is 48.8 Å². The van der Waals surface area contributed by atoms with Gasteiger partial charge >= 0.3 is 0 Å². The third-order valence-electron chi connectivity index (χ3n) is 5.77. The molecule has 0 aliphatic carbocycles. The number of aromatic nitrogens is 2. The summed E-state index contributed by atoms with van der Waals surface area (Å²) < 4.78 is 14.8. The lowest BCUT2D eigenvalue weighted by Gasteiger charge is -2.23. The normalized spacial score (nSPS) is 15.9. The van der Waals surface area contributed by atoms with Crippen molar-refractivity contribution in [3.63, 3.8) is 0 Å². The molecule has 1 N–H and O–H groups in total. The number of rotatable bonds is 5. The average molecular weight is 419 g/mol. The second kappa shape index (κ2) is 8.84. The Labute approximate surface area is 182 Å². The highest BCUT2D eigenvalue weighted by Crippen LogP contribution is 2.38. The molecule has 1 amide bonds. The van der Waals surface area contributed by atoms with Crippen molar-refractivity contribution in [1.82, 2.24) is 9.97 Å². The molecule has 0 saturated carbocycles. The number of aryl methyl sites for hydroxylation is 2. The SMILES string of the molecule is CCc1ccc(C(=O)Nc2c(-c3cc(C)ccc3F)ccnc2N2CC[C@H](C)C2)nc1. The second-order valence-corrected chi connectivity index (χ2v) is 8.24. The Kier molecular flexibility index (Phi) is 5.98. The number of hydrogen-bond donors (Lipinski definition) is 1. The molecule has 3 aromatic rings. The maximum absolute atomic E-state index is 14.8. The zero-order valence-corrected chi connectivity index (χ0v) is 18.2. The number of nitrogens with one attached hydrogen (secondary N) is 1. The lowest BCUT2D eigenvalue weighted by atomic mass is 10.0. The number of carbonyl (C=O) groups excluding carboxylic acids is 1. The first-order chi connectivity index (χ1) is 15.0. The van der Waals surface area contributed by atoms with Crippen molar-refractivity contribution < 1.29 is 9.18 Å². The summed E-state index contributed by atoms with van der Waals surface area (Å²) in [5.74, 6) is 0.533. The molecule has 1 aromatic carbocycles. The lowest BCUT2D eigenvalue weighted by Crippen LogP contribution is -2.24. The Morgan fingerprint density at radius 1 is 1.19 bits per heavy atom. The first kappa shape index (κ1) is 21.0. The Hall–Kier alpha value is -3.28. The van der Waals surface area contributed by atoms with Crippen molar-refractivity contribution in [2.24, 2.45) is 5.92 Å². The summed E-state index contributed by atoms with van der Waals surface area (Å²) in [6.45, 7) is 7.85. The molecule has 1 atom stereocenters. The van der Waals surface area contributed by atoms with Crippen molar-refractivity contribution in [2.45, 2.75) is 33.6 Å². The maximum Gasteiger partial charge on any atom is 0.274 e. The number of pyridine rings is 2. The number of halogens is 1. The molecule has 5 nitrogen and oxygen atoms in total. The second-order valence-electron chi connectivity index (χ2n) is 8.24. The van der Waals surface area contributed by atoms with Gasteiger partial charge in [-0.05, 0) is 55.5 Å². The van der Waals surface area contributed by atoms with Crippen LogP contribution >= 0.6 is 0 Å². The third-order valence-corrected chi connectivity index (χ3v) is 5.77. The quantitative estimate of drug-likeness (QED) is 0.615. The lowest BCUT2D eigenvalue weighted by molar-refractivity contribution is 0.102. The largest absolute Gasteiger partial charge is 0.355 e. The fourth-order valence-corrected chi connectivity index (χ4v) is 3.96. The van der Waals surface area contributed by atoms with E-state index in [2.05, 4.69) is 27.1 Å². The minimum absolute atomic E-state index is 0.317. The van der Waals surface area contributed by atoms with Crippen molar-refractivity contribution >= 4 is 17.4 Å². The number of hydrogen-bond acceptors (Lipinski definition) is 4. The first-order valence-corrected chi connectivity index (χ1v) is 10.7. The minimum atomic E-state index is -0.335. The number of amides is 1. The zero-order chi connectivity index (χ0) is 22.0. The minimum Gasteiger partial charge on any atom is -0.355 e. The summed E-state index contributed by atoms with van der Waals surface area (Å²) >= 11 is 0. The van der Waals surface area contributed by atoms with Crippen molar-refractivity contribution in [3.05, 3.63) is 71.4 Å². The smallest absolute Gasteiger partial charge is 0.274 e. The first-order valence-electron chi connectivity index (χ1n) is 10.7. The molecule has 6 heteroatoms. The Morgan fingerprint density at radius 3 is 2.71 bits per heavy atom. The van der Waals surface area contributed by atoms with Gasteiger partial charge in [0, 0.05) is 36.6 Å². The van der Waals surface area contributed by atoms with E-state index in [1.54, 1.807) is 36.7 Å². The highest BCUT2D eigenvalue weighted by Gasteiger charge is 2.26. The van der Waals surface area contributed by atoms with Gasteiger partial charge in [-0.1, -0.05) is 31.5 Å². The van der Waals surface area contributed by atoms with Gasteiger partial charge in [-0.25, -0.2) is 9.37 Å². The molecular weight excluding hydrogens is 391 g/mol. The van der Waals surface area contributed by atoms with E-state index in [4.69, 9.17) is 0 Å². The van der Waals surface area contributed by atoms with Crippen molar-refractivity contribution in [1.29, 1.82) is 0 Å². The molecule has 3 heterocycles. The summed E-state index contributed by atoms with van der Waals surface area (Å²) in [4.78, 5) is 24.1. The van der Waals surface area contributed by atoms with Gasteiger partial charge in [0.05, 0.1) is 5.69 Å². The molecule has 2 aromatic heterocycles. The van der Waals surface area contributed by atoms with Gasteiger partial charge in [-0.15, -0.1) is 0 Å². The van der Waals surface area contributed by atoms with Crippen LogP contribution in [0.5, 0.6) is 0 Å². The number of nitrogens with zero attached hydrogens (tertiary/aromatic N) is 3. The van der Waals surface area contributed by atoms with E-state index >= 15 is 0 Å². The van der Waals surface area contributed by atoms with E-state index < -0.39 is 0 Å². The highest BCUT2D eigenvalue weighted by molar-refractivity contribution is 6.07. The summed E-state index contributed by atoms with van der Waals surface area (Å²) in [7, 11) is 0. The van der Waals surface area contributed by atoms with Crippen LogP contribution < -0.4 is 10.2 Å². The van der Waals surface area contributed by atoms with Crippen LogP contribution in [0.3, 0.4) is 0 Å². The van der Waals surface area contributed by atoms with Gasteiger partial charge in [-0.3, -0.25) is 9.78 Å². The van der Waals surface area contributed by atoms with Crippen LogP contribution in [0.25, 0.3) is 11.1 Å². The van der Waals surface area contributed by atoms with E-state index in [1.807, 2.05) is 19.9 Å². The standard InChI is InChI=1S/C25H27FN4O/c1-4-18-6-8-22(28-14-18)25(31)29-23-19(20-13-16(2)5-7-21(20)26)9-11-27-24(23)30-12-10-17(3)15-30/h5-9,11,13-14,17H,4,10,12,15H2,1-3H3,(H,29,31)/t17-/m0/s1. The molecular formula is C25H27FN4O. The molecule has 1 aliphatic heterocycles. The molecule has 0 spiro atoms. The molecule has 1 fully saturated rings. The fourth-order valence-electron chi connectivity index (χ4n) is 3.96. The van der Waals surface area contributed by atoms with Crippen LogP contribution in [-0.4, -0.2) is 29.0 Å². The van der Waals surface area contributed by atoms with Crippen molar-refractivity contribution in [2.75, 3.05) is 23.3 Å². The summed E-state index contributed by atoms with van der Waals surface area (Å²) in [5, 5.41) is 3.00. The van der Waals surface area contributed by atoms with E-state index in [1.165, 1.54) is 6.07 Å².